The van der Waals surface area contributed by atoms with Crippen LogP contribution >= 0.6 is 0 Å². The number of aliphatic imine (C=N–C) groups is 1. The van der Waals surface area contributed by atoms with E-state index >= 15 is 0 Å². The highest BCUT2D eigenvalue weighted by Crippen LogP contribution is 2.19. The van der Waals surface area contributed by atoms with Gasteiger partial charge in [0, 0.05) is 32.2 Å². The van der Waals surface area contributed by atoms with E-state index in [2.05, 4.69) is 43.1 Å². The third-order valence-electron chi connectivity index (χ3n) is 4.83. The Labute approximate surface area is 158 Å². The van der Waals surface area contributed by atoms with E-state index in [0.29, 0.717) is 25.0 Å². The van der Waals surface area contributed by atoms with Crippen molar-refractivity contribution >= 4 is 12.1 Å². The first-order chi connectivity index (χ1) is 12.1. The Morgan fingerprint density at radius 2 is 2.04 bits per heavy atom. The summed E-state index contributed by atoms with van der Waals surface area (Å²) < 4.78 is 5.50. The van der Waals surface area contributed by atoms with Crippen LogP contribution in [0, 0.1) is 5.92 Å². The quantitative estimate of drug-likeness (QED) is 0.803. The fourth-order valence-electron chi connectivity index (χ4n) is 3.45. The SMILES string of the molecule is CC(C)CC(CNC1=NCC2CN(C(=O)OC(C)(C)C)CCN12)N(C)C. The second-order valence-electron chi connectivity index (χ2n) is 9.07. The van der Waals surface area contributed by atoms with Crippen LogP contribution < -0.4 is 5.32 Å². The lowest BCUT2D eigenvalue weighted by molar-refractivity contribution is 0.0137. The molecule has 2 aliphatic heterocycles. The highest BCUT2D eigenvalue weighted by molar-refractivity contribution is 5.82. The molecule has 0 aromatic heterocycles. The molecule has 7 nitrogen and oxygen atoms in total. The Morgan fingerprint density at radius 1 is 1.35 bits per heavy atom. The molecular formula is C19H37N5O2. The van der Waals surface area contributed by atoms with Gasteiger partial charge >= 0.3 is 6.09 Å². The third-order valence-corrected chi connectivity index (χ3v) is 4.83. The zero-order valence-electron chi connectivity index (χ0n) is 17.6. The largest absolute Gasteiger partial charge is 0.444 e. The Bertz CT molecular complexity index is 513. The molecular weight excluding hydrogens is 330 g/mol. The minimum Gasteiger partial charge on any atom is -0.444 e. The fourth-order valence-corrected chi connectivity index (χ4v) is 3.45. The van der Waals surface area contributed by atoms with Gasteiger partial charge in [0.1, 0.15) is 5.60 Å². The van der Waals surface area contributed by atoms with Gasteiger partial charge in [-0.2, -0.15) is 0 Å². The molecule has 2 unspecified atom stereocenters. The van der Waals surface area contributed by atoms with Crippen LogP contribution in [0.5, 0.6) is 0 Å². The predicted molar refractivity (Wildman–Crippen MR) is 106 cm³/mol. The number of guanidine groups is 1. The van der Waals surface area contributed by atoms with Crippen LogP contribution in [0.15, 0.2) is 4.99 Å². The van der Waals surface area contributed by atoms with Crippen molar-refractivity contribution in [2.45, 2.75) is 58.7 Å². The summed E-state index contributed by atoms with van der Waals surface area (Å²) in [5, 5.41) is 3.55. The van der Waals surface area contributed by atoms with E-state index < -0.39 is 5.60 Å². The summed E-state index contributed by atoms with van der Waals surface area (Å²) in [4.78, 5) is 23.4. The molecule has 2 rings (SSSR count). The predicted octanol–water partition coefficient (Wildman–Crippen LogP) is 1.84. The summed E-state index contributed by atoms with van der Waals surface area (Å²) in [6.07, 6.45) is 0.937. The second kappa shape index (κ2) is 8.46. The van der Waals surface area contributed by atoms with Crippen molar-refractivity contribution in [2.24, 2.45) is 10.9 Å². The third kappa shape index (κ3) is 5.76. The van der Waals surface area contributed by atoms with Gasteiger partial charge in [-0.15, -0.1) is 0 Å². The molecule has 1 fully saturated rings. The van der Waals surface area contributed by atoms with Gasteiger partial charge in [0.15, 0.2) is 5.96 Å². The standard InChI is InChI=1S/C19H37N5O2/c1-14(2)10-15(22(6)7)11-20-17-21-12-16-13-23(8-9-24(16)17)18(25)26-19(3,4)5/h14-16H,8-13H2,1-7H3,(H,20,21). The Hall–Kier alpha value is -1.50. The van der Waals surface area contributed by atoms with Crippen molar-refractivity contribution in [2.75, 3.05) is 46.8 Å². The van der Waals surface area contributed by atoms with Crippen molar-refractivity contribution in [3.63, 3.8) is 0 Å². The monoisotopic (exact) mass is 367 g/mol. The first-order valence-corrected chi connectivity index (χ1v) is 9.76. The van der Waals surface area contributed by atoms with E-state index in [-0.39, 0.29) is 12.1 Å². The van der Waals surface area contributed by atoms with E-state index in [0.717, 1.165) is 32.0 Å². The molecule has 0 aromatic rings. The van der Waals surface area contributed by atoms with Gasteiger partial charge in [0.05, 0.1) is 12.6 Å². The molecule has 2 heterocycles. The molecule has 0 aliphatic carbocycles. The van der Waals surface area contributed by atoms with Crippen molar-refractivity contribution in [1.29, 1.82) is 0 Å². The lowest BCUT2D eigenvalue weighted by atomic mass is 10.0. The topological polar surface area (TPSA) is 60.4 Å². The molecule has 1 amide bonds. The van der Waals surface area contributed by atoms with Crippen molar-refractivity contribution in [3.05, 3.63) is 0 Å². The number of piperazine rings is 1. The van der Waals surface area contributed by atoms with Crippen LogP contribution in [0.2, 0.25) is 0 Å². The summed E-state index contributed by atoms with van der Waals surface area (Å²) in [5.41, 5.74) is -0.454. The zero-order valence-corrected chi connectivity index (χ0v) is 17.6. The maximum atomic E-state index is 12.3. The smallest absolute Gasteiger partial charge is 0.410 e. The summed E-state index contributed by atoms with van der Waals surface area (Å²) in [6.45, 7) is 14.0. The molecule has 7 heteroatoms. The Balaban J connectivity index is 1.85. The number of carbonyl (C=O) groups is 1. The average molecular weight is 368 g/mol. The highest BCUT2D eigenvalue weighted by Gasteiger charge is 2.36. The Kier molecular flexibility index (Phi) is 6.77. The number of likely N-dealkylation sites (N-methyl/N-ethyl adjacent to an activating group) is 1. The van der Waals surface area contributed by atoms with Gasteiger partial charge in [-0.25, -0.2) is 4.79 Å². The van der Waals surface area contributed by atoms with E-state index in [1.165, 1.54) is 0 Å². The van der Waals surface area contributed by atoms with Crippen LogP contribution in [-0.4, -0.2) is 91.3 Å². The van der Waals surface area contributed by atoms with Gasteiger partial charge in [-0.1, -0.05) is 13.8 Å². The van der Waals surface area contributed by atoms with Gasteiger partial charge in [-0.05, 0) is 47.2 Å². The molecule has 26 heavy (non-hydrogen) atoms. The van der Waals surface area contributed by atoms with Crippen LogP contribution in [0.3, 0.4) is 0 Å². The molecule has 0 spiro atoms. The van der Waals surface area contributed by atoms with E-state index in [1.54, 1.807) is 0 Å². The normalized spacial score (nSPS) is 21.7. The van der Waals surface area contributed by atoms with Crippen LogP contribution in [0.4, 0.5) is 4.79 Å². The summed E-state index contributed by atoms with van der Waals surface area (Å²) in [5.74, 6) is 1.65. The van der Waals surface area contributed by atoms with Crippen molar-refractivity contribution in [1.82, 2.24) is 20.0 Å². The van der Waals surface area contributed by atoms with E-state index in [1.807, 2.05) is 25.7 Å². The summed E-state index contributed by atoms with van der Waals surface area (Å²) in [6, 6.07) is 0.737. The minimum absolute atomic E-state index is 0.219. The molecule has 0 saturated carbocycles. The molecule has 0 bridgehead atoms. The molecule has 2 aliphatic rings. The number of amides is 1. The second-order valence-corrected chi connectivity index (χ2v) is 9.07. The molecule has 2 atom stereocenters. The number of ether oxygens (including phenoxy) is 1. The number of nitrogens with zero attached hydrogens (tertiary/aromatic N) is 4. The molecule has 1 saturated heterocycles. The number of hydrogen-bond acceptors (Lipinski definition) is 6. The molecule has 0 aromatic carbocycles. The van der Waals surface area contributed by atoms with E-state index in [4.69, 9.17) is 9.73 Å². The van der Waals surface area contributed by atoms with Crippen molar-refractivity contribution < 1.29 is 9.53 Å². The summed E-state index contributed by atoms with van der Waals surface area (Å²) in [7, 11) is 4.27. The fraction of sp³-hybridized carbons (Fsp3) is 0.895. The number of fused-ring (bicyclic) bond motifs is 1. The van der Waals surface area contributed by atoms with E-state index in [9.17, 15) is 4.79 Å². The van der Waals surface area contributed by atoms with Crippen LogP contribution in [0.1, 0.15) is 41.0 Å². The minimum atomic E-state index is -0.454. The van der Waals surface area contributed by atoms with Gasteiger partial charge in [-0.3, -0.25) is 4.99 Å². The van der Waals surface area contributed by atoms with Gasteiger partial charge in [0.25, 0.3) is 0 Å². The maximum absolute atomic E-state index is 12.3. The van der Waals surface area contributed by atoms with Crippen molar-refractivity contribution in [3.8, 4) is 0 Å². The number of hydrogen-bond donors (Lipinski definition) is 1. The van der Waals surface area contributed by atoms with Crippen LogP contribution in [0.25, 0.3) is 0 Å². The summed E-state index contributed by atoms with van der Waals surface area (Å²) >= 11 is 0. The zero-order chi connectivity index (χ0) is 19.5. The van der Waals surface area contributed by atoms with Gasteiger partial charge in [0.2, 0.25) is 0 Å². The van der Waals surface area contributed by atoms with Gasteiger partial charge < -0.3 is 24.8 Å². The number of nitrogens with one attached hydrogen (secondary N) is 1. The molecule has 1 N–H and O–H groups in total. The average Bonchev–Trinajstić information content (AvgIpc) is 2.91. The first-order valence-electron chi connectivity index (χ1n) is 9.76. The molecule has 150 valence electrons. The number of rotatable bonds is 5. The number of carbonyl (C=O) groups excluding carboxylic acids is 1. The molecule has 0 radical (unpaired) electrons. The first kappa shape index (κ1) is 20.8. The highest BCUT2D eigenvalue weighted by atomic mass is 16.6. The lowest BCUT2D eigenvalue weighted by Gasteiger charge is -2.39. The Morgan fingerprint density at radius 3 is 2.62 bits per heavy atom. The maximum Gasteiger partial charge on any atom is 0.410 e. The lowest BCUT2D eigenvalue weighted by Crippen LogP contribution is -2.58. The van der Waals surface area contributed by atoms with Crippen LogP contribution in [-0.2, 0) is 4.74 Å².